The highest BCUT2D eigenvalue weighted by atomic mass is 19.4. The summed E-state index contributed by atoms with van der Waals surface area (Å²) in [6.07, 6.45) is -3.34. The summed E-state index contributed by atoms with van der Waals surface area (Å²) < 4.78 is 64.3. The number of nitrogens with zero attached hydrogens (tertiary/aromatic N) is 1. The Kier molecular flexibility index (Phi) is 6.77. The molecule has 0 aliphatic heterocycles. The molecule has 1 aromatic heterocycles. The van der Waals surface area contributed by atoms with Crippen molar-refractivity contribution in [3.05, 3.63) is 23.9 Å². The van der Waals surface area contributed by atoms with Crippen molar-refractivity contribution in [2.24, 2.45) is 11.8 Å². The van der Waals surface area contributed by atoms with Crippen LogP contribution < -0.4 is 5.32 Å². The van der Waals surface area contributed by atoms with E-state index in [1.807, 2.05) is 6.92 Å². The van der Waals surface area contributed by atoms with Crippen molar-refractivity contribution in [1.29, 1.82) is 0 Å². The smallest absolute Gasteiger partial charge is 0.370 e. The Hall–Kier alpha value is -1.40. The standard InChI is InChI=1S/C16H23F5N2/c1-4-12(11(3)8-15(17,18)5-2)9-22-14-7-6-13(10-23-14)16(19,20)21/h6-7,10-12H,4-5,8-9H2,1-3H3,(H,22,23). The summed E-state index contributed by atoms with van der Waals surface area (Å²) >= 11 is 0. The van der Waals surface area contributed by atoms with E-state index in [0.717, 1.165) is 12.3 Å². The topological polar surface area (TPSA) is 24.9 Å². The second-order valence-corrected chi connectivity index (χ2v) is 5.87. The largest absolute Gasteiger partial charge is 0.417 e. The number of nitrogens with one attached hydrogen (secondary N) is 1. The lowest BCUT2D eigenvalue weighted by molar-refractivity contribution is -0.137. The number of hydrogen-bond acceptors (Lipinski definition) is 2. The molecule has 0 fully saturated rings. The number of anilines is 1. The maximum atomic E-state index is 13.5. The van der Waals surface area contributed by atoms with Crippen LogP contribution in [0.3, 0.4) is 0 Å². The zero-order valence-electron chi connectivity index (χ0n) is 13.6. The lowest BCUT2D eigenvalue weighted by atomic mass is 9.86. The predicted molar refractivity (Wildman–Crippen MR) is 80.5 cm³/mol. The van der Waals surface area contributed by atoms with Crippen molar-refractivity contribution in [1.82, 2.24) is 4.98 Å². The van der Waals surface area contributed by atoms with Crippen molar-refractivity contribution in [3.8, 4) is 0 Å². The fraction of sp³-hybridized carbons (Fsp3) is 0.688. The van der Waals surface area contributed by atoms with Crippen LogP contribution in [0.4, 0.5) is 27.8 Å². The van der Waals surface area contributed by atoms with Crippen molar-refractivity contribution < 1.29 is 22.0 Å². The van der Waals surface area contributed by atoms with Crippen molar-refractivity contribution in [2.45, 2.75) is 52.1 Å². The zero-order chi connectivity index (χ0) is 17.7. The minimum atomic E-state index is -4.42. The fourth-order valence-corrected chi connectivity index (χ4v) is 2.43. The Balaban J connectivity index is 2.60. The van der Waals surface area contributed by atoms with Crippen molar-refractivity contribution >= 4 is 5.82 Å². The van der Waals surface area contributed by atoms with Gasteiger partial charge in [-0.15, -0.1) is 0 Å². The van der Waals surface area contributed by atoms with Gasteiger partial charge in [-0.3, -0.25) is 0 Å². The summed E-state index contributed by atoms with van der Waals surface area (Å²) in [5, 5.41) is 2.94. The third-order valence-corrected chi connectivity index (χ3v) is 4.10. The molecule has 0 spiro atoms. The number of rotatable bonds is 8. The highest BCUT2D eigenvalue weighted by Gasteiger charge is 2.32. The molecule has 2 atom stereocenters. The summed E-state index contributed by atoms with van der Waals surface area (Å²) in [6, 6.07) is 2.20. The first-order valence-corrected chi connectivity index (χ1v) is 7.74. The lowest BCUT2D eigenvalue weighted by Crippen LogP contribution is -2.27. The first kappa shape index (κ1) is 19.6. The number of alkyl halides is 5. The molecule has 132 valence electrons. The fourth-order valence-electron chi connectivity index (χ4n) is 2.43. The molecule has 0 aromatic carbocycles. The zero-order valence-corrected chi connectivity index (χ0v) is 13.6. The van der Waals surface area contributed by atoms with Crippen LogP contribution in [0, 0.1) is 11.8 Å². The molecule has 0 aliphatic carbocycles. The molecule has 0 saturated heterocycles. The van der Waals surface area contributed by atoms with Crippen LogP contribution in [0.2, 0.25) is 0 Å². The van der Waals surface area contributed by atoms with Gasteiger partial charge < -0.3 is 5.32 Å². The van der Waals surface area contributed by atoms with Crippen LogP contribution in [0.25, 0.3) is 0 Å². The first-order chi connectivity index (χ1) is 10.6. The molecule has 2 unspecified atom stereocenters. The van der Waals surface area contributed by atoms with Crippen LogP contribution in [-0.4, -0.2) is 17.5 Å². The monoisotopic (exact) mass is 338 g/mol. The van der Waals surface area contributed by atoms with Crippen molar-refractivity contribution in [2.75, 3.05) is 11.9 Å². The molecule has 2 nitrogen and oxygen atoms in total. The molecule has 1 heterocycles. The number of pyridine rings is 1. The van der Waals surface area contributed by atoms with Gasteiger partial charge in [-0.1, -0.05) is 27.2 Å². The van der Waals surface area contributed by atoms with E-state index in [1.165, 1.54) is 13.0 Å². The molecule has 0 amide bonds. The summed E-state index contributed by atoms with van der Waals surface area (Å²) in [6.45, 7) is 5.54. The normalized spacial score (nSPS) is 15.3. The minimum absolute atomic E-state index is 0.00322. The Morgan fingerprint density at radius 1 is 1.13 bits per heavy atom. The van der Waals surface area contributed by atoms with Crippen LogP contribution in [0.5, 0.6) is 0 Å². The molecule has 0 radical (unpaired) electrons. The van der Waals surface area contributed by atoms with Gasteiger partial charge in [0.05, 0.1) is 5.56 Å². The molecular weight excluding hydrogens is 315 g/mol. The second kappa shape index (κ2) is 7.93. The SMILES string of the molecule is CCC(CNc1ccc(C(F)(F)F)cn1)C(C)CC(F)(F)CC. The van der Waals surface area contributed by atoms with Crippen LogP contribution in [0.15, 0.2) is 18.3 Å². The van der Waals surface area contributed by atoms with Gasteiger partial charge in [0.25, 0.3) is 0 Å². The van der Waals surface area contributed by atoms with E-state index in [1.54, 1.807) is 6.92 Å². The molecular formula is C16H23F5N2. The van der Waals surface area contributed by atoms with E-state index in [0.29, 0.717) is 18.8 Å². The van der Waals surface area contributed by atoms with Gasteiger partial charge in [-0.2, -0.15) is 13.2 Å². The van der Waals surface area contributed by atoms with Gasteiger partial charge in [0, 0.05) is 25.6 Å². The first-order valence-electron chi connectivity index (χ1n) is 7.74. The van der Waals surface area contributed by atoms with Gasteiger partial charge in [-0.25, -0.2) is 13.8 Å². The van der Waals surface area contributed by atoms with E-state index in [-0.39, 0.29) is 24.7 Å². The van der Waals surface area contributed by atoms with Gasteiger partial charge in [-0.05, 0) is 24.0 Å². The summed E-state index contributed by atoms with van der Waals surface area (Å²) in [5.74, 6) is -2.57. The third-order valence-electron chi connectivity index (χ3n) is 4.10. The molecule has 0 saturated carbocycles. The molecule has 1 N–H and O–H groups in total. The molecule has 1 aromatic rings. The lowest BCUT2D eigenvalue weighted by Gasteiger charge is -2.26. The highest BCUT2D eigenvalue weighted by Crippen LogP contribution is 2.32. The Bertz CT molecular complexity index is 470. The van der Waals surface area contributed by atoms with Crippen LogP contribution in [0.1, 0.15) is 45.6 Å². The maximum absolute atomic E-state index is 13.5. The summed E-state index contributed by atoms with van der Waals surface area (Å²) in [7, 11) is 0. The van der Waals surface area contributed by atoms with Gasteiger partial charge >= 0.3 is 6.18 Å². The van der Waals surface area contributed by atoms with E-state index >= 15 is 0 Å². The summed E-state index contributed by atoms with van der Waals surface area (Å²) in [5.41, 5.74) is -0.814. The minimum Gasteiger partial charge on any atom is -0.370 e. The van der Waals surface area contributed by atoms with E-state index in [4.69, 9.17) is 0 Å². The third kappa shape index (κ3) is 6.31. The number of halogens is 5. The van der Waals surface area contributed by atoms with Crippen molar-refractivity contribution in [3.63, 3.8) is 0 Å². The van der Waals surface area contributed by atoms with Crippen LogP contribution >= 0.6 is 0 Å². The Labute approximate surface area is 133 Å². The molecule has 0 aliphatic rings. The second-order valence-electron chi connectivity index (χ2n) is 5.87. The molecule has 0 bridgehead atoms. The maximum Gasteiger partial charge on any atom is 0.417 e. The molecule has 1 rings (SSSR count). The van der Waals surface area contributed by atoms with E-state index in [2.05, 4.69) is 10.3 Å². The quantitative estimate of drug-likeness (QED) is 0.623. The highest BCUT2D eigenvalue weighted by molar-refractivity contribution is 5.36. The average molecular weight is 338 g/mol. The molecule has 23 heavy (non-hydrogen) atoms. The number of hydrogen-bond donors (Lipinski definition) is 1. The van der Waals surface area contributed by atoms with Gasteiger partial charge in [0.15, 0.2) is 0 Å². The Morgan fingerprint density at radius 2 is 1.78 bits per heavy atom. The van der Waals surface area contributed by atoms with Crippen LogP contribution in [-0.2, 0) is 6.18 Å². The number of aromatic nitrogens is 1. The Morgan fingerprint density at radius 3 is 2.22 bits per heavy atom. The summed E-state index contributed by atoms with van der Waals surface area (Å²) in [4.78, 5) is 3.72. The van der Waals surface area contributed by atoms with E-state index in [9.17, 15) is 22.0 Å². The van der Waals surface area contributed by atoms with Gasteiger partial charge in [0.2, 0.25) is 5.92 Å². The predicted octanol–water partition coefficient (Wildman–Crippen LogP) is 5.61. The molecule has 7 heteroatoms. The van der Waals surface area contributed by atoms with Gasteiger partial charge in [0.1, 0.15) is 5.82 Å². The van der Waals surface area contributed by atoms with E-state index < -0.39 is 17.7 Å². The average Bonchev–Trinajstić information content (AvgIpc) is 2.47.